The van der Waals surface area contributed by atoms with Gasteiger partial charge in [0, 0.05) is 23.9 Å². The molecule has 2 aliphatic heterocycles. The molecule has 2 atom stereocenters. The summed E-state index contributed by atoms with van der Waals surface area (Å²) in [7, 11) is 0. The summed E-state index contributed by atoms with van der Waals surface area (Å²) in [5.41, 5.74) is 1.94. The molecule has 1 saturated heterocycles. The van der Waals surface area contributed by atoms with E-state index in [2.05, 4.69) is 15.2 Å². The molecule has 32 heavy (non-hydrogen) atoms. The van der Waals surface area contributed by atoms with Gasteiger partial charge in [-0.15, -0.1) is 0 Å². The summed E-state index contributed by atoms with van der Waals surface area (Å²) in [5.74, 6) is 0.967. The molecule has 170 valence electrons. The Hall–Kier alpha value is -2.34. The van der Waals surface area contributed by atoms with Crippen molar-refractivity contribution in [2.45, 2.75) is 82.4 Å². The van der Waals surface area contributed by atoms with E-state index in [-0.39, 0.29) is 17.9 Å². The van der Waals surface area contributed by atoms with Crippen LogP contribution in [0.1, 0.15) is 81.1 Å². The number of carbonyl (C=O) groups is 2. The Kier molecular flexibility index (Phi) is 5.01. The van der Waals surface area contributed by atoms with Gasteiger partial charge in [0.05, 0.1) is 11.6 Å². The second-order valence-electron chi connectivity index (χ2n) is 10.3. The quantitative estimate of drug-likeness (QED) is 0.671. The lowest BCUT2D eigenvalue weighted by molar-refractivity contribution is -0.119. The van der Waals surface area contributed by atoms with Gasteiger partial charge in [-0.2, -0.15) is 0 Å². The molecule has 2 aliphatic carbocycles. The molecule has 1 amide bonds. The van der Waals surface area contributed by atoms with Crippen molar-refractivity contribution >= 4 is 28.5 Å². The van der Waals surface area contributed by atoms with Crippen molar-refractivity contribution in [2.75, 3.05) is 11.9 Å². The number of carbonyl (C=O) groups excluding carboxylic acids is 2. The minimum absolute atomic E-state index is 0.0762. The fourth-order valence-electron chi connectivity index (χ4n) is 6.88. The molecular formula is C26H33N3O3. The molecular weight excluding hydrogens is 402 g/mol. The van der Waals surface area contributed by atoms with Gasteiger partial charge in [-0.25, -0.2) is 4.79 Å². The Labute approximate surface area is 189 Å². The van der Waals surface area contributed by atoms with Crippen molar-refractivity contribution in [1.29, 1.82) is 0 Å². The van der Waals surface area contributed by atoms with Gasteiger partial charge < -0.3 is 15.4 Å². The first-order valence-corrected chi connectivity index (χ1v) is 12.6. The van der Waals surface area contributed by atoms with Crippen LogP contribution in [0.5, 0.6) is 0 Å². The number of benzene rings is 1. The number of anilines is 1. The highest BCUT2D eigenvalue weighted by Gasteiger charge is 2.46. The number of aromatic nitrogens is 1. The molecule has 3 heterocycles. The predicted molar refractivity (Wildman–Crippen MR) is 124 cm³/mol. The lowest BCUT2D eigenvalue weighted by Crippen LogP contribution is -2.42. The van der Waals surface area contributed by atoms with Gasteiger partial charge in [-0.1, -0.05) is 38.5 Å². The molecule has 6 rings (SSSR count). The molecule has 1 aromatic carbocycles. The van der Waals surface area contributed by atoms with Crippen LogP contribution in [0.3, 0.4) is 0 Å². The zero-order valence-electron chi connectivity index (χ0n) is 18.7. The molecule has 3 fully saturated rings. The van der Waals surface area contributed by atoms with E-state index in [1.54, 1.807) is 0 Å². The van der Waals surface area contributed by atoms with E-state index in [4.69, 9.17) is 4.74 Å². The molecule has 0 radical (unpaired) electrons. The van der Waals surface area contributed by atoms with E-state index in [0.717, 1.165) is 55.2 Å². The highest BCUT2D eigenvalue weighted by atomic mass is 16.6. The Morgan fingerprint density at radius 3 is 2.62 bits per heavy atom. The summed E-state index contributed by atoms with van der Waals surface area (Å²) in [6.07, 6.45) is 12.7. The van der Waals surface area contributed by atoms with E-state index in [1.807, 2.05) is 24.3 Å². The molecule has 4 aliphatic rings. The lowest BCUT2D eigenvalue weighted by atomic mass is 9.76. The summed E-state index contributed by atoms with van der Waals surface area (Å²) in [6, 6.07) is 7.83. The molecule has 6 heteroatoms. The van der Waals surface area contributed by atoms with Gasteiger partial charge in [0.25, 0.3) is 0 Å². The second kappa shape index (κ2) is 7.91. The summed E-state index contributed by atoms with van der Waals surface area (Å²) in [5, 5.41) is 7.61. The van der Waals surface area contributed by atoms with Crippen molar-refractivity contribution < 1.29 is 14.3 Å². The first-order chi connectivity index (χ1) is 15.6. The van der Waals surface area contributed by atoms with Crippen LogP contribution >= 0.6 is 0 Å². The van der Waals surface area contributed by atoms with Crippen LogP contribution in [-0.2, 0) is 15.3 Å². The average Bonchev–Trinajstić information content (AvgIpc) is 3.51. The van der Waals surface area contributed by atoms with Crippen LogP contribution < -0.4 is 10.6 Å². The molecule has 1 unspecified atom stereocenters. The first-order valence-electron chi connectivity index (χ1n) is 12.6. The Bertz CT molecular complexity index is 1050. The maximum atomic E-state index is 13.2. The summed E-state index contributed by atoms with van der Waals surface area (Å²) >= 11 is 0. The number of amides is 1. The highest BCUT2D eigenvalue weighted by molar-refractivity contribution is 6.01. The highest BCUT2D eigenvalue weighted by Crippen LogP contribution is 2.45. The van der Waals surface area contributed by atoms with E-state index in [0.29, 0.717) is 17.5 Å². The smallest absolute Gasteiger partial charge is 0.357 e. The molecule has 2 saturated carbocycles. The standard InChI is InChI=1S/C26H33N3O3/c30-24(23-20(11-14-27-23)17-7-3-1-4-8-17)28-19-9-10-21-18(15-19)16-22-25(31)32-26(29(21)22)12-5-2-6-13-26/h9-10,15-17,20,23,27H,1-8,11-14H2,(H,28,30)/t20?,23-/m0/s1. The van der Waals surface area contributed by atoms with Crippen molar-refractivity contribution in [2.24, 2.45) is 11.8 Å². The van der Waals surface area contributed by atoms with Gasteiger partial charge in [0.2, 0.25) is 5.91 Å². The summed E-state index contributed by atoms with van der Waals surface area (Å²) in [4.78, 5) is 25.8. The largest absolute Gasteiger partial charge is 0.434 e. The third-order valence-electron chi connectivity index (χ3n) is 8.41. The topological polar surface area (TPSA) is 72.4 Å². The van der Waals surface area contributed by atoms with Crippen LogP contribution in [0.25, 0.3) is 10.9 Å². The van der Waals surface area contributed by atoms with Crippen LogP contribution in [0.15, 0.2) is 24.3 Å². The number of hydrogen-bond acceptors (Lipinski definition) is 4. The zero-order valence-corrected chi connectivity index (χ0v) is 18.7. The van der Waals surface area contributed by atoms with Crippen molar-refractivity contribution in [1.82, 2.24) is 9.88 Å². The van der Waals surface area contributed by atoms with Crippen LogP contribution in [0.4, 0.5) is 5.69 Å². The van der Waals surface area contributed by atoms with Crippen molar-refractivity contribution in [3.05, 3.63) is 30.0 Å². The fourth-order valence-corrected chi connectivity index (χ4v) is 6.88. The number of esters is 1. The number of nitrogens with one attached hydrogen (secondary N) is 2. The van der Waals surface area contributed by atoms with Gasteiger partial charge >= 0.3 is 5.97 Å². The van der Waals surface area contributed by atoms with Crippen molar-refractivity contribution in [3.8, 4) is 0 Å². The SMILES string of the molecule is O=C1OC2(CCCCC2)n2c1cc1cc(NC(=O)[C@H]3NCCC3C3CCCCC3)ccc12. The van der Waals surface area contributed by atoms with Crippen LogP contribution in [0, 0.1) is 11.8 Å². The Morgan fingerprint density at radius 1 is 1.03 bits per heavy atom. The number of nitrogens with zero attached hydrogens (tertiary/aromatic N) is 1. The van der Waals surface area contributed by atoms with Gasteiger partial charge in [0.15, 0.2) is 5.72 Å². The summed E-state index contributed by atoms with van der Waals surface area (Å²) < 4.78 is 8.00. The van der Waals surface area contributed by atoms with E-state index in [9.17, 15) is 9.59 Å². The second-order valence-corrected chi connectivity index (χ2v) is 10.3. The molecule has 2 aromatic rings. The summed E-state index contributed by atoms with van der Waals surface area (Å²) in [6.45, 7) is 0.925. The normalized spacial score (nSPS) is 27.6. The molecule has 2 N–H and O–H groups in total. The number of ether oxygens (including phenoxy) is 1. The van der Waals surface area contributed by atoms with E-state index >= 15 is 0 Å². The van der Waals surface area contributed by atoms with Gasteiger partial charge in [-0.3, -0.25) is 9.36 Å². The molecule has 1 spiro atoms. The third-order valence-corrected chi connectivity index (χ3v) is 8.41. The first kappa shape index (κ1) is 20.3. The number of rotatable bonds is 3. The fraction of sp³-hybridized carbons (Fsp3) is 0.615. The number of hydrogen-bond donors (Lipinski definition) is 2. The average molecular weight is 436 g/mol. The minimum atomic E-state index is -0.516. The van der Waals surface area contributed by atoms with E-state index in [1.165, 1.54) is 38.5 Å². The Balaban J connectivity index is 1.24. The minimum Gasteiger partial charge on any atom is -0.434 e. The predicted octanol–water partition coefficient (Wildman–Crippen LogP) is 4.93. The maximum Gasteiger partial charge on any atom is 0.357 e. The van der Waals surface area contributed by atoms with Gasteiger partial charge in [0.1, 0.15) is 5.69 Å². The van der Waals surface area contributed by atoms with Gasteiger partial charge in [-0.05, 0) is 61.9 Å². The third kappa shape index (κ3) is 3.26. The van der Waals surface area contributed by atoms with E-state index < -0.39 is 5.72 Å². The maximum absolute atomic E-state index is 13.2. The molecule has 0 bridgehead atoms. The Morgan fingerprint density at radius 2 is 1.81 bits per heavy atom. The van der Waals surface area contributed by atoms with Crippen LogP contribution in [-0.4, -0.2) is 29.0 Å². The lowest BCUT2D eigenvalue weighted by Gasteiger charge is -2.34. The molecule has 6 nitrogen and oxygen atoms in total. The monoisotopic (exact) mass is 435 g/mol. The van der Waals surface area contributed by atoms with Crippen molar-refractivity contribution in [3.63, 3.8) is 0 Å². The zero-order chi connectivity index (χ0) is 21.7. The molecule has 1 aromatic heterocycles. The number of fused-ring (bicyclic) bond motifs is 4. The van der Waals surface area contributed by atoms with Crippen LogP contribution in [0.2, 0.25) is 0 Å².